The van der Waals surface area contributed by atoms with Gasteiger partial charge in [-0.1, -0.05) is 96.6 Å². The minimum absolute atomic E-state index is 1.27. The van der Waals surface area contributed by atoms with Crippen molar-refractivity contribution in [3.63, 3.8) is 0 Å². The summed E-state index contributed by atoms with van der Waals surface area (Å²) in [6.45, 7) is 2.15. The fourth-order valence-electron chi connectivity index (χ4n) is 4.63. The Morgan fingerprint density at radius 3 is 1.59 bits per heavy atom. The molecule has 0 heteroatoms. The number of benzene rings is 6. The lowest BCUT2D eigenvalue weighted by atomic mass is 9.91. The maximum Gasteiger partial charge on any atom is -0.00928 e. The van der Waals surface area contributed by atoms with E-state index in [-0.39, 0.29) is 0 Å². The molecule has 0 nitrogen and oxygen atoms in total. The molecular weight excluding hydrogens is 348 g/mol. The van der Waals surface area contributed by atoms with E-state index < -0.39 is 0 Å². The average Bonchev–Trinajstić information content (AvgIpc) is 2.78. The number of hydrogen-bond acceptors (Lipinski definition) is 0. The van der Waals surface area contributed by atoms with Crippen LogP contribution in [0, 0.1) is 6.92 Å². The Morgan fingerprint density at radius 2 is 0.897 bits per heavy atom. The predicted molar refractivity (Wildman–Crippen MR) is 127 cm³/mol. The first-order chi connectivity index (χ1) is 14.3. The summed E-state index contributed by atoms with van der Waals surface area (Å²) in [6.07, 6.45) is 0. The van der Waals surface area contributed by atoms with E-state index in [4.69, 9.17) is 0 Å². The van der Waals surface area contributed by atoms with Crippen molar-refractivity contribution in [2.75, 3.05) is 0 Å². The van der Waals surface area contributed by atoms with Crippen molar-refractivity contribution in [2.24, 2.45) is 0 Å². The van der Waals surface area contributed by atoms with Crippen LogP contribution in [0.25, 0.3) is 54.2 Å². The zero-order valence-corrected chi connectivity index (χ0v) is 16.3. The highest BCUT2D eigenvalue weighted by Gasteiger charge is 2.09. The Morgan fingerprint density at radius 1 is 0.379 bits per heavy atom. The second kappa shape index (κ2) is 6.18. The quantitative estimate of drug-likeness (QED) is 0.256. The van der Waals surface area contributed by atoms with Gasteiger partial charge in [0, 0.05) is 0 Å². The van der Waals surface area contributed by atoms with E-state index in [1.165, 1.54) is 59.8 Å². The zero-order chi connectivity index (χ0) is 19.4. The Kier molecular flexibility index (Phi) is 3.48. The van der Waals surface area contributed by atoms with Gasteiger partial charge in [0.25, 0.3) is 0 Å². The van der Waals surface area contributed by atoms with Gasteiger partial charge in [0.05, 0.1) is 0 Å². The maximum atomic E-state index is 2.36. The van der Waals surface area contributed by atoms with E-state index in [0.717, 1.165) is 0 Å². The van der Waals surface area contributed by atoms with Crippen LogP contribution in [0.5, 0.6) is 0 Å². The molecule has 0 bridgehead atoms. The Labute approximate surface area is 170 Å². The second-order valence-corrected chi connectivity index (χ2v) is 7.92. The Bertz CT molecular complexity index is 1520. The third kappa shape index (κ3) is 2.53. The molecule has 0 unspecified atom stereocenters. The summed E-state index contributed by atoms with van der Waals surface area (Å²) in [5.41, 5.74) is 3.83. The molecule has 0 aromatic heterocycles. The van der Waals surface area contributed by atoms with Crippen LogP contribution in [0.2, 0.25) is 0 Å². The monoisotopic (exact) mass is 368 g/mol. The molecule has 6 aromatic rings. The molecule has 0 aliphatic carbocycles. The lowest BCUT2D eigenvalue weighted by Gasteiger charge is -2.12. The Balaban J connectivity index is 1.68. The second-order valence-electron chi connectivity index (χ2n) is 7.92. The van der Waals surface area contributed by atoms with Gasteiger partial charge in [0.15, 0.2) is 0 Å². The van der Waals surface area contributed by atoms with Gasteiger partial charge in [-0.2, -0.15) is 0 Å². The van der Waals surface area contributed by atoms with Crippen LogP contribution in [-0.4, -0.2) is 0 Å². The Hall–Kier alpha value is -3.64. The highest BCUT2D eigenvalue weighted by molar-refractivity contribution is 6.25. The number of hydrogen-bond donors (Lipinski definition) is 0. The lowest BCUT2D eigenvalue weighted by Crippen LogP contribution is -1.85. The molecule has 0 aliphatic rings. The third-order valence-electron chi connectivity index (χ3n) is 6.07. The van der Waals surface area contributed by atoms with E-state index in [9.17, 15) is 0 Å². The molecule has 0 heterocycles. The summed E-state index contributed by atoms with van der Waals surface area (Å²) in [6, 6.07) is 37.8. The van der Waals surface area contributed by atoms with Gasteiger partial charge in [-0.05, 0) is 73.3 Å². The molecule has 29 heavy (non-hydrogen) atoms. The van der Waals surface area contributed by atoms with E-state index >= 15 is 0 Å². The fraction of sp³-hybridized carbons (Fsp3) is 0.0345. The summed E-state index contributed by atoms with van der Waals surface area (Å²) in [7, 11) is 0. The van der Waals surface area contributed by atoms with Crippen molar-refractivity contribution in [1.82, 2.24) is 0 Å². The van der Waals surface area contributed by atoms with Gasteiger partial charge in [-0.25, -0.2) is 0 Å². The maximum absolute atomic E-state index is 2.36. The van der Waals surface area contributed by atoms with E-state index in [1.54, 1.807) is 0 Å². The summed E-state index contributed by atoms with van der Waals surface area (Å²) < 4.78 is 0. The summed E-state index contributed by atoms with van der Waals surface area (Å²) >= 11 is 0. The van der Waals surface area contributed by atoms with Crippen molar-refractivity contribution in [2.45, 2.75) is 6.92 Å². The SMILES string of the molecule is Cc1ccc2ccc(-c3ccc4c5ccccc5c5ccccc5c4c3)cc2c1. The molecule has 0 spiro atoms. The van der Waals surface area contributed by atoms with Crippen LogP contribution in [0.15, 0.2) is 103 Å². The molecule has 0 saturated heterocycles. The standard InChI is InChI=1S/C29H20/c1-19-10-11-20-12-13-21(17-23(20)16-19)22-14-15-28-26-8-3-2-6-24(26)25-7-4-5-9-27(25)29(28)18-22/h2-18H,1H3. The van der Waals surface area contributed by atoms with Gasteiger partial charge >= 0.3 is 0 Å². The molecule has 0 amide bonds. The molecule has 0 atom stereocenters. The molecular formula is C29H20. The van der Waals surface area contributed by atoms with Crippen LogP contribution >= 0.6 is 0 Å². The third-order valence-corrected chi connectivity index (χ3v) is 6.07. The van der Waals surface area contributed by atoms with Crippen molar-refractivity contribution in [3.8, 4) is 11.1 Å². The van der Waals surface area contributed by atoms with Crippen LogP contribution in [0.4, 0.5) is 0 Å². The van der Waals surface area contributed by atoms with Crippen LogP contribution in [0.3, 0.4) is 0 Å². The first-order valence-electron chi connectivity index (χ1n) is 10.1. The van der Waals surface area contributed by atoms with Gasteiger partial charge < -0.3 is 0 Å². The zero-order valence-electron chi connectivity index (χ0n) is 16.3. The van der Waals surface area contributed by atoms with Crippen molar-refractivity contribution in [1.29, 1.82) is 0 Å². The molecule has 6 aromatic carbocycles. The molecule has 0 N–H and O–H groups in total. The van der Waals surface area contributed by atoms with Gasteiger partial charge in [0.2, 0.25) is 0 Å². The molecule has 0 fully saturated rings. The first-order valence-corrected chi connectivity index (χ1v) is 10.1. The normalized spacial score (nSPS) is 11.6. The van der Waals surface area contributed by atoms with Gasteiger partial charge in [0.1, 0.15) is 0 Å². The molecule has 0 aliphatic heterocycles. The fourth-order valence-corrected chi connectivity index (χ4v) is 4.63. The van der Waals surface area contributed by atoms with Crippen LogP contribution in [-0.2, 0) is 0 Å². The van der Waals surface area contributed by atoms with Crippen molar-refractivity contribution in [3.05, 3.63) is 109 Å². The summed E-state index contributed by atoms with van der Waals surface area (Å²) in [5.74, 6) is 0. The summed E-state index contributed by atoms with van der Waals surface area (Å²) in [5, 5.41) is 10.5. The largest absolute Gasteiger partial charge is 0.0616 e. The topological polar surface area (TPSA) is 0 Å². The molecule has 136 valence electrons. The van der Waals surface area contributed by atoms with Gasteiger partial charge in [-0.15, -0.1) is 0 Å². The van der Waals surface area contributed by atoms with E-state index in [1.807, 2.05) is 0 Å². The van der Waals surface area contributed by atoms with Crippen molar-refractivity contribution >= 4 is 43.1 Å². The molecule has 0 radical (unpaired) electrons. The smallest absolute Gasteiger partial charge is 0.00928 e. The lowest BCUT2D eigenvalue weighted by molar-refractivity contribution is 1.50. The first kappa shape index (κ1) is 16.3. The van der Waals surface area contributed by atoms with Gasteiger partial charge in [-0.3, -0.25) is 0 Å². The minimum Gasteiger partial charge on any atom is -0.0616 e. The number of aryl methyl sites for hydroxylation is 1. The predicted octanol–water partition coefficient (Wildman–Crippen LogP) is 8.27. The van der Waals surface area contributed by atoms with E-state index in [0.29, 0.717) is 0 Å². The van der Waals surface area contributed by atoms with Crippen LogP contribution < -0.4 is 0 Å². The molecule has 0 saturated carbocycles. The van der Waals surface area contributed by atoms with Crippen molar-refractivity contribution < 1.29 is 0 Å². The number of rotatable bonds is 1. The average molecular weight is 368 g/mol. The van der Waals surface area contributed by atoms with Crippen LogP contribution in [0.1, 0.15) is 5.56 Å². The highest BCUT2D eigenvalue weighted by Crippen LogP contribution is 2.37. The van der Waals surface area contributed by atoms with E-state index in [2.05, 4.69) is 110 Å². The molecule has 6 rings (SSSR count). The summed E-state index contributed by atoms with van der Waals surface area (Å²) in [4.78, 5) is 0. The number of fused-ring (bicyclic) bond motifs is 7. The highest BCUT2D eigenvalue weighted by atomic mass is 14.1. The minimum atomic E-state index is 1.27.